The van der Waals surface area contributed by atoms with Gasteiger partial charge in [0, 0.05) is 59.9 Å². The maximum Gasteiger partial charge on any atom is 0.326 e. The van der Waals surface area contributed by atoms with Gasteiger partial charge in [-0.05, 0) is 47.4 Å². The van der Waals surface area contributed by atoms with Crippen LogP contribution in [0.1, 0.15) is 29.5 Å². The number of carboxylic acids is 2. The molecule has 14 nitrogen and oxygen atoms in total. The second-order valence-corrected chi connectivity index (χ2v) is 12.1. The molecule has 4 unspecified atom stereocenters. The molecule has 0 bridgehead atoms. The molecule has 2 heterocycles. The summed E-state index contributed by atoms with van der Waals surface area (Å²) in [7, 11) is 0. The van der Waals surface area contributed by atoms with Crippen LogP contribution in [0.4, 0.5) is 0 Å². The van der Waals surface area contributed by atoms with E-state index in [2.05, 4.69) is 25.9 Å². The first kappa shape index (κ1) is 35.2. The van der Waals surface area contributed by atoms with Crippen LogP contribution < -0.4 is 21.7 Å². The third kappa shape index (κ3) is 8.85. The normalized spacial score (nSPS) is 13.6. The number of phenolic OH excluding ortho intramolecular Hbond substituents is 1. The highest BCUT2D eigenvalue weighted by Crippen LogP contribution is 2.21. The molecule has 0 saturated heterocycles. The average molecular weight is 683 g/mol. The predicted molar refractivity (Wildman–Crippen MR) is 184 cm³/mol. The number of carboxylic acid groups (broad SMARTS) is 2. The van der Waals surface area contributed by atoms with Gasteiger partial charge in [-0.2, -0.15) is 0 Å². The number of nitrogens with one attached hydrogen (secondary N) is 5. The lowest BCUT2D eigenvalue weighted by molar-refractivity contribution is -0.142. The van der Waals surface area contributed by atoms with E-state index in [-0.39, 0.29) is 37.9 Å². The van der Waals surface area contributed by atoms with Gasteiger partial charge in [-0.15, -0.1) is 0 Å². The standard InChI is InChI=1S/C36H38N6O8/c37-26(13-14-32(44)45)33(46)40-29(16-21-18-38-27-7-3-1-5-24(21)27)34(47)41-30(17-22-19-39-28-8-4-2-6-25(22)28)35(48)42-31(36(49)50)15-20-9-11-23(43)12-10-20/h1-12,18-19,26,29-31,38-39,43H,13-17,37H2,(H,40,46)(H,41,47)(H,42,48)(H,44,45)(H,49,50). The van der Waals surface area contributed by atoms with Crippen molar-refractivity contribution < 1.29 is 39.3 Å². The minimum Gasteiger partial charge on any atom is -0.508 e. The quantitative estimate of drug-likeness (QED) is 0.0739. The molecule has 260 valence electrons. The molecule has 0 aliphatic rings. The van der Waals surface area contributed by atoms with Gasteiger partial charge in [0.15, 0.2) is 0 Å². The van der Waals surface area contributed by atoms with E-state index >= 15 is 0 Å². The number of carbonyl (C=O) groups excluding carboxylic acids is 3. The highest BCUT2D eigenvalue weighted by Gasteiger charge is 2.32. The number of benzene rings is 3. The van der Waals surface area contributed by atoms with E-state index in [1.165, 1.54) is 12.1 Å². The molecule has 50 heavy (non-hydrogen) atoms. The Morgan fingerprint density at radius 3 is 1.62 bits per heavy atom. The van der Waals surface area contributed by atoms with Crippen molar-refractivity contribution in [2.24, 2.45) is 5.73 Å². The Morgan fingerprint density at radius 2 is 1.12 bits per heavy atom. The Balaban J connectivity index is 1.43. The minimum absolute atomic E-state index is 0.00305. The molecule has 3 aromatic carbocycles. The summed E-state index contributed by atoms with van der Waals surface area (Å²) in [5, 5.41) is 38.2. The summed E-state index contributed by atoms with van der Waals surface area (Å²) >= 11 is 0. The maximum atomic E-state index is 14.1. The fraction of sp³-hybridized carbons (Fsp3) is 0.250. The summed E-state index contributed by atoms with van der Waals surface area (Å²) in [5.41, 5.74) is 9.49. The van der Waals surface area contributed by atoms with E-state index < -0.39 is 53.8 Å². The van der Waals surface area contributed by atoms with Crippen molar-refractivity contribution in [3.8, 4) is 5.75 Å². The lowest BCUT2D eigenvalue weighted by atomic mass is 10.0. The van der Waals surface area contributed by atoms with Gasteiger partial charge >= 0.3 is 11.9 Å². The Morgan fingerprint density at radius 1 is 0.640 bits per heavy atom. The van der Waals surface area contributed by atoms with Crippen LogP contribution >= 0.6 is 0 Å². The minimum atomic E-state index is -1.37. The van der Waals surface area contributed by atoms with Gasteiger partial charge in [0.25, 0.3) is 0 Å². The molecule has 5 rings (SSSR count). The molecule has 0 aliphatic carbocycles. The third-order valence-corrected chi connectivity index (χ3v) is 8.46. The van der Waals surface area contributed by atoms with Gasteiger partial charge in [0.05, 0.1) is 6.04 Å². The molecule has 0 spiro atoms. The predicted octanol–water partition coefficient (Wildman–Crippen LogP) is 2.11. The van der Waals surface area contributed by atoms with Gasteiger partial charge in [0.1, 0.15) is 23.9 Å². The highest BCUT2D eigenvalue weighted by molar-refractivity contribution is 5.95. The molecule has 0 saturated carbocycles. The summed E-state index contributed by atoms with van der Waals surface area (Å²) in [6.45, 7) is 0. The van der Waals surface area contributed by atoms with E-state index in [4.69, 9.17) is 10.8 Å². The Kier molecular flexibility index (Phi) is 11.1. The Hall–Kier alpha value is -6.15. The van der Waals surface area contributed by atoms with Crippen molar-refractivity contribution in [3.63, 3.8) is 0 Å². The van der Waals surface area contributed by atoms with Crippen LogP contribution in [0.2, 0.25) is 0 Å². The van der Waals surface area contributed by atoms with Crippen LogP contribution in [-0.2, 0) is 43.2 Å². The Labute approximate surface area is 286 Å². The number of aromatic hydroxyl groups is 1. The number of carbonyl (C=O) groups is 5. The molecule has 2 aromatic heterocycles. The number of amides is 3. The molecule has 14 heteroatoms. The largest absolute Gasteiger partial charge is 0.508 e. The second kappa shape index (κ2) is 15.8. The fourth-order valence-corrected chi connectivity index (χ4v) is 5.76. The SMILES string of the molecule is NC(CCC(=O)O)C(=O)NC(Cc1c[nH]c2ccccc12)C(=O)NC(Cc1c[nH]c2ccccc12)C(=O)NC(Cc1ccc(O)cc1)C(=O)O. The topological polar surface area (TPSA) is 240 Å². The van der Waals surface area contributed by atoms with Crippen molar-refractivity contribution in [2.75, 3.05) is 0 Å². The lowest BCUT2D eigenvalue weighted by Crippen LogP contribution is -2.58. The number of aliphatic carboxylic acids is 2. The summed E-state index contributed by atoms with van der Waals surface area (Å²) in [4.78, 5) is 70.7. The molecule has 5 aromatic rings. The molecular weight excluding hydrogens is 644 g/mol. The van der Waals surface area contributed by atoms with E-state index in [1.807, 2.05) is 48.5 Å². The van der Waals surface area contributed by atoms with Gasteiger partial charge in [-0.3, -0.25) is 19.2 Å². The van der Waals surface area contributed by atoms with Crippen molar-refractivity contribution in [3.05, 3.63) is 102 Å². The highest BCUT2D eigenvalue weighted by atomic mass is 16.4. The van der Waals surface area contributed by atoms with Crippen LogP contribution in [-0.4, -0.2) is 79.1 Å². The summed E-state index contributed by atoms with van der Waals surface area (Å²) in [5.74, 6) is -4.68. The number of phenols is 1. The van der Waals surface area contributed by atoms with Crippen LogP contribution in [0.25, 0.3) is 21.8 Å². The third-order valence-electron chi connectivity index (χ3n) is 8.46. The zero-order chi connectivity index (χ0) is 35.8. The fourth-order valence-electron chi connectivity index (χ4n) is 5.76. The molecular formula is C36H38N6O8. The first-order chi connectivity index (χ1) is 24.0. The van der Waals surface area contributed by atoms with Crippen molar-refractivity contribution in [1.82, 2.24) is 25.9 Å². The number of rotatable bonds is 16. The summed E-state index contributed by atoms with van der Waals surface area (Å²) in [6, 6.07) is 15.5. The van der Waals surface area contributed by atoms with E-state index in [1.54, 1.807) is 24.5 Å². The van der Waals surface area contributed by atoms with Gasteiger partial charge in [-0.25, -0.2) is 4.79 Å². The van der Waals surface area contributed by atoms with Crippen LogP contribution in [0, 0.1) is 0 Å². The first-order valence-electron chi connectivity index (χ1n) is 16.0. The zero-order valence-electron chi connectivity index (χ0n) is 26.9. The monoisotopic (exact) mass is 682 g/mol. The zero-order valence-corrected chi connectivity index (χ0v) is 26.9. The van der Waals surface area contributed by atoms with E-state index in [0.29, 0.717) is 16.7 Å². The van der Waals surface area contributed by atoms with Crippen LogP contribution in [0.15, 0.2) is 85.2 Å². The first-order valence-corrected chi connectivity index (χ1v) is 16.0. The van der Waals surface area contributed by atoms with Crippen LogP contribution in [0.3, 0.4) is 0 Å². The number of nitrogens with two attached hydrogens (primary N) is 1. The van der Waals surface area contributed by atoms with E-state index in [9.17, 15) is 34.2 Å². The number of aromatic nitrogens is 2. The second-order valence-electron chi connectivity index (χ2n) is 12.1. The smallest absolute Gasteiger partial charge is 0.326 e. The van der Waals surface area contributed by atoms with E-state index in [0.717, 1.165) is 21.8 Å². The summed E-state index contributed by atoms with van der Waals surface area (Å²) < 4.78 is 0. The number of hydrogen-bond donors (Lipinski definition) is 9. The molecule has 3 amide bonds. The number of para-hydroxylation sites is 2. The van der Waals surface area contributed by atoms with Crippen molar-refractivity contribution in [2.45, 2.75) is 56.3 Å². The molecule has 0 fully saturated rings. The van der Waals surface area contributed by atoms with Crippen LogP contribution in [0.5, 0.6) is 5.75 Å². The number of aromatic amines is 2. The molecule has 10 N–H and O–H groups in total. The average Bonchev–Trinajstić information content (AvgIpc) is 3.70. The lowest BCUT2D eigenvalue weighted by Gasteiger charge is -2.25. The number of hydrogen-bond acceptors (Lipinski definition) is 7. The van der Waals surface area contributed by atoms with Crippen molar-refractivity contribution >= 4 is 51.5 Å². The number of H-pyrrole nitrogens is 2. The molecule has 0 aliphatic heterocycles. The van der Waals surface area contributed by atoms with Gasteiger partial charge in [-0.1, -0.05) is 48.5 Å². The molecule has 0 radical (unpaired) electrons. The number of fused-ring (bicyclic) bond motifs is 2. The Bertz CT molecular complexity index is 2000. The van der Waals surface area contributed by atoms with Crippen molar-refractivity contribution in [1.29, 1.82) is 0 Å². The van der Waals surface area contributed by atoms with Gasteiger partial charge in [0.2, 0.25) is 17.7 Å². The van der Waals surface area contributed by atoms with Gasteiger partial charge < -0.3 is 47.0 Å². The summed E-state index contributed by atoms with van der Waals surface area (Å²) in [6.07, 6.45) is 2.77. The maximum absolute atomic E-state index is 14.1. The molecule has 4 atom stereocenters.